The highest BCUT2D eigenvalue weighted by Crippen LogP contribution is 2.29. The Balaban J connectivity index is 1.44. The molecular weight excluding hydrogens is 358 g/mol. The quantitative estimate of drug-likeness (QED) is 0.535. The second-order valence-corrected chi connectivity index (χ2v) is 6.36. The van der Waals surface area contributed by atoms with Crippen LogP contribution in [0.15, 0.2) is 76.3 Å². The molecule has 7 nitrogen and oxygen atoms in total. The van der Waals surface area contributed by atoms with Gasteiger partial charge in [0.25, 0.3) is 11.5 Å². The monoisotopic (exact) mass is 375 g/mol. The Morgan fingerprint density at radius 3 is 2.57 bits per heavy atom. The van der Waals surface area contributed by atoms with Crippen LogP contribution < -0.4 is 16.4 Å². The van der Waals surface area contributed by atoms with Gasteiger partial charge in [0.2, 0.25) is 5.91 Å². The predicted molar refractivity (Wildman–Crippen MR) is 104 cm³/mol. The summed E-state index contributed by atoms with van der Waals surface area (Å²) in [5.41, 5.74) is 5.85. The molecule has 0 aliphatic rings. The van der Waals surface area contributed by atoms with E-state index in [-0.39, 0.29) is 24.4 Å². The molecule has 0 fully saturated rings. The number of amides is 2. The molecule has 0 bridgehead atoms. The van der Waals surface area contributed by atoms with Crippen LogP contribution >= 0.6 is 0 Å². The summed E-state index contributed by atoms with van der Waals surface area (Å²) < 4.78 is 6.82. The van der Waals surface area contributed by atoms with Gasteiger partial charge in [-0.25, -0.2) is 0 Å². The SMILES string of the molecule is O=C(Cc1coc2ccc3ccccc3c12)NNC(=O)Cn1ccccc1=O. The minimum absolute atomic E-state index is 0.0482. The van der Waals surface area contributed by atoms with Crippen LogP contribution in [-0.2, 0) is 22.6 Å². The molecule has 4 rings (SSSR count). The third-order valence-electron chi connectivity index (χ3n) is 4.45. The summed E-state index contributed by atoms with van der Waals surface area (Å²) in [5.74, 6) is -0.881. The zero-order chi connectivity index (χ0) is 19.5. The minimum atomic E-state index is -0.496. The molecule has 2 N–H and O–H groups in total. The molecule has 28 heavy (non-hydrogen) atoms. The lowest BCUT2D eigenvalue weighted by atomic mass is 10.0. The molecule has 0 unspecified atom stereocenters. The van der Waals surface area contributed by atoms with E-state index >= 15 is 0 Å². The van der Waals surface area contributed by atoms with E-state index in [1.165, 1.54) is 16.8 Å². The van der Waals surface area contributed by atoms with Crippen molar-refractivity contribution in [1.29, 1.82) is 0 Å². The van der Waals surface area contributed by atoms with Crippen molar-refractivity contribution in [3.63, 3.8) is 0 Å². The van der Waals surface area contributed by atoms with E-state index in [2.05, 4.69) is 10.9 Å². The maximum absolute atomic E-state index is 12.3. The van der Waals surface area contributed by atoms with Crippen molar-refractivity contribution < 1.29 is 14.0 Å². The van der Waals surface area contributed by atoms with Crippen LogP contribution in [0.5, 0.6) is 0 Å². The molecule has 0 saturated heterocycles. The van der Waals surface area contributed by atoms with Gasteiger partial charge in [0.05, 0.1) is 12.7 Å². The third-order valence-corrected chi connectivity index (χ3v) is 4.45. The van der Waals surface area contributed by atoms with Crippen molar-refractivity contribution in [1.82, 2.24) is 15.4 Å². The van der Waals surface area contributed by atoms with Crippen molar-refractivity contribution in [2.45, 2.75) is 13.0 Å². The molecule has 2 aromatic heterocycles. The van der Waals surface area contributed by atoms with Gasteiger partial charge >= 0.3 is 0 Å². The number of carbonyl (C=O) groups is 2. The average molecular weight is 375 g/mol. The Bertz CT molecular complexity index is 1240. The molecule has 0 aliphatic carbocycles. The van der Waals surface area contributed by atoms with Crippen LogP contribution in [0.4, 0.5) is 0 Å². The van der Waals surface area contributed by atoms with Crippen molar-refractivity contribution in [3.05, 3.63) is 83.0 Å². The molecule has 0 radical (unpaired) electrons. The van der Waals surface area contributed by atoms with Crippen LogP contribution in [0, 0.1) is 0 Å². The van der Waals surface area contributed by atoms with E-state index in [1.54, 1.807) is 18.4 Å². The lowest BCUT2D eigenvalue weighted by Gasteiger charge is -2.08. The van der Waals surface area contributed by atoms with Gasteiger partial charge in [-0.15, -0.1) is 0 Å². The van der Waals surface area contributed by atoms with E-state index in [9.17, 15) is 14.4 Å². The first-order valence-electron chi connectivity index (χ1n) is 8.73. The highest BCUT2D eigenvalue weighted by Gasteiger charge is 2.14. The fourth-order valence-electron chi connectivity index (χ4n) is 3.15. The molecule has 7 heteroatoms. The number of furan rings is 1. The Hall–Kier alpha value is -3.87. The smallest absolute Gasteiger partial charge is 0.258 e. The zero-order valence-electron chi connectivity index (χ0n) is 14.8. The number of benzene rings is 2. The van der Waals surface area contributed by atoms with Crippen LogP contribution in [0.25, 0.3) is 21.7 Å². The molecule has 4 aromatic rings. The number of pyridine rings is 1. The Morgan fingerprint density at radius 1 is 0.929 bits per heavy atom. The second kappa shape index (κ2) is 7.40. The number of rotatable bonds is 4. The normalized spacial score (nSPS) is 10.9. The lowest BCUT2D eigenvalue weighted by molar-refractivity contribution is -0.128. The zero-order valence-corrected chi connectivity index (χ0v) is 14.8. The maximum Gasteiger partial charge on any atom is 0.258 e. The van der Waals surface area contributed by atoms with Gasteiger partial charge in [0.15, 0.2) is 0 Å². The molecular formula is C21H17N3O4. The van der Waals surface area contributed by atoms with E-state index in [0.29, 0.717) is 5.58 Å². The van der Waals surface area contributed by atoms with Crippen molar-refractivity contribution in [2.24, 2.45) is 0 Å². The van der Waals surface area contributed by atoms with E-state index in [1.807, 2.05) is 36.4 Å². The topological polar surface area (TPSA) is 93.3 Å². The van der Waals surface area contributed by atoms with Crippen LogP contribution in [0.3, 0.4) is 0 Å². The summed E-state index contributed by atoms with van der Waals surface area (Å²) in [7, 11) is 0. The van der Waals surface area contributed by atoms with Gasteiger partial charge in [0, 0.05) is 23.2 Å². The first-order valence-corrected chi connectivity index (χ1v) is 8.73. The molecule has 0 saturated carbocycles. The number of nitrogens with one attached hydrogen (secondary N) is 2. The molecule has 0 aliphatic heterocycles. The first-order chi connectivity index (χ1) is 13.6. The number of aromatic nitrogens is 1. The highest BCUT2D eigenvalue weighted by molar-refractivity contribution is 6.08. The number of nitrogens with zero attached hydrogens (tertiary/aromatic N) is 1. The molecule has 0 atom stereocenters. The summed E-state index contributed by atoms with van der Waals surface area (Å²) in [6.45, 7) is -0.181. The van der Waals surface area contributed by atoms with Gasteiger partial charge in [0.1, 0.15) is 12.1 Å². The van der Waals surface area contributed by atoms with Gasteiger partial charge in [-0.3, -0.25) is 25.2 Å². The fraction of sp³-hybridized carbons (Fsp3) is 0.0952. The van der Waals surface area contributed by atoms with E-state index in [0.717, 1.165) is 21.7 Å². The molecule has 0 spiro atoms. The largest absolute Gasteiger partial charge is 0.464 e. The number of carbonyl (C=O) groups excluding carboxylic acids is 2. The summed E-state index contributed by atoms with van der Waals surface area (Å²) >= 11 is 0. The van der Waals surface area contributed by atoms with E-state index in [4.69, 9.17) is 4.42 Å². The van der Waals surface area contributed by atoms with Crippen molar-refractivity contribution >= 4 is 33.6 Å². The summed E-state index contributed by atoms with van der Waals surface area (Å²) in [6.07, 6.45) is 3.11. The Labute approximate surface area is 159 Å². The van der Waals surface area contributed by atoms with Crippen molar-refractivity contribution in [3.8, 4) is 0 Å². The van der Waals surface area contributed by atoms with Crippen molar-refractivity contribution in [2.75, 3.05) is 0 Å². The second-order valence-electron chi connectivity index (χ2n) is 6.36. The number of hydrogen-bond donors (Lipinski definition) is 2. The Kier molecular flexibility index (Phi) is 4.63. The Morgan fingerprint density at radius 2 is 1.71 bits per heavy atom. The standard InChI is InChI=1S/C21H17N3O4/c25-18(22-23-19(26)12-24-10-4-3-7-20(24)27)11-15-13-28-17-9-8-14-5-1-2-6-16(14)21(15)17/h1-10,13H,11-12H2,(H,22,25)(H,23,26). The molecule has 140 valence electrons. The molecule has 2 heterocycles. The average Bonchev–Trinajstić information content (AvgIpc) is 3.11. The predicted octanol–water partition coefficient (Wildman–Crippen LogP) is 2.14. The number of hydrogen-bond acceptors (Lipinski definition) is 4. The summed E-state index contributed by atoms with van der Waals surface area (Å²) in [4.78, 5) is 35.9. The molecule has 2 aromatic carbocycles. The van der Waals surface area contributed by atoms with Crippen LogP contribution in [0.1, 0.15) is 5.56 Å². The fourth-order valence-corrected chi connectivity index (χ4v) is 3.15. The number of fused-ring (bicyclic) bond motifs is 3. The highest BCUT2D eigenvalue weighted by atomic mass is 16.3. The van der Waals surface area contributed by atoms with Crippen LogP contribution in [0.2, 0.25) is 0 Å². The molecule has 2 amide bonds. The van der Waals surface area contributed by atoms with Crippen LogP contribution in [-0.4, -0.2) is 16.4 Å². The third kappa shape index (κ3) is 3.50. The lowest BCUT2D eigenvalue weighted by Crippen LogP contribution is -2.44. The minimum Gasteiger partial charge on any atom is -0.464 e. The van der Waals surface area contributed by atoms with Gasteiger partial charge in [-0.1, -0.05) is 36.4 Å². The summed E-state index contributed by atoms with van der Waals surface area (Å²) in [5, 5.41) is 2.94. The summed E-state index contributed by atoms with van der Waals surface area (Å²) in [6, 6.07) is 16.3. The van der Waals surface area contributed by atoms with Gasteiger partial charge in [-0.2, -0.15) is 0 Å². The van der Waals surface area contributed by atoms with Gasteiger partial charge < -0.3 is 8.98 Å². The number of hydrazine groups is 1. The van der Waals surface area contributed by atoms with Gasteiger partial charge in [-0.05, 0) is 22.9 Å². The first kappa shape index (κ1) is 17.5. The van der Waals surface area contributed by atoms with E-state index < -0.39 is 5.91 Å². The maximum atomic E-state index is 12.3.